The van der Waals surface area contributed by atoms with Crippen LogP contribution in [0.15, 0.2) is 35.1 Å². The first kappa shape index (κ1) is 14.1. The number of nitrogens with one attached hydrogen (secondary N) is 1. The molecule has 0 atom stereocenters. The average Bonchev–Trinajstić information content (AvgIpc) is 2.82. The van der Waals surface area contributed by atoms with Crippen LogP contribution in [0.3, 0.4) is 0 Å². The van der Waals surface area contributed by atoms with Crippen molar-refractivity contribution in [3.8, 4) is 5.75 Å². The number of ether oxygens (including phenoxy) is 1. The van der Waals surface area contributed by atoms with Crippen molar-refractivity contribution in [3.05, 3.63) is 46.2 Å². The van der Waals surface area contributed by atoms with Crippen molar-refractivity contribution < 1.29 is 4.74 Å². The van der Waals surface area contributed by atoms with Crippen LogP contribution in [0.1, 0.15) is 11.1 Å². The van der Waals surface area contributed by atoms with Crippen LogP contribution >= 0.6 is 15.9 Å². The van der Waals surface area contributed by atoms with Gasteiger partial charge in [-0.15, -0.1) is 0 Å². The van der Waals surface area contributed by atoms with E-state index in [9.17, 15) is 0 Å². The van der Waals surface area contributed by atoms with Crippen LogP contribution in [-0.4, -0.2) is 23.4 Å². The predicted molar refractivity (Wildman–Crippen MR) is 79.4 cm³/mol. The summed E-state index contributed by atoms with van der Waals surface area (Å²) >= 11 is 3.55. The Hall–Kier alpha value is -1.33. The van der Waals surface area contributed by atoms with Gasteiger partial charge in [0.15, 0.2) is 0 Å². The molecule has 4 nitrogen and oxygen atoms in total. The van der Waals surface area contributed by atoms with E-state index in [2.05, 4.69) is 26.3 Å². The third-order valence-corrected chi connectivity index (χ3v) is 3.62. The Kier molecular flexibility index (Phi) is 4.99. The molecule has 102 valence electrons. The lowest BCUT2D eigenvalue weighted by atomic mass is 10.2. The van der Waals surface area contributed by atoms with Crippen molar-refractivity contribution in [1.29, 1.82) is 0 Å². The molecule has 0 saturated heterocycles. The Balaban J connectivity index is 1.82. The standard InChI is InChI=1S/C14H18BrN3O/c1-11-8-17-18(10-11)6-5-16-9-12-7-13(19-2)3-4-14(12)15/h3-4,7-8,10,16H,5-6,9H2,1-2H3. The number of methoxy groups -OCH3 is 1. The first-order chi connectivity index (χ1) is 9.19. The zero-order valence-electron chi connectivity index (χ0n) is 11.2. The van der Waals surface area contributed by atoms with E-state index in [0.29, 0.717) is 0 Å². The first-order valence-corrected chi connectivity index (χ1v) is 7.00. The van der Waals surface area contributed by atoms with Gasteiger partial charge in [0, 0.05) is 23.8 Å². The van der Waals surface area contributed by atoms with Crippen molar-refractivity contribution in [3.63, 3.8) is 0 Å². The van der Waals surface area contributed by atoms with Crippen LogP contribution in [0.4, 0.5) is 0 Å². The number of halogens is 1. The fourth-order valence-electron chi connectivity index (χ4n) is 1.82. The molecule has 1 N–H and O–H groups in total. The summed E-state index contributed by atoms with van der Waals surface area (Å²) < 4.78 is 8.27. The molecule has 0 saturated carbocycles. The lowest BCUT2D eigenvalue weighted by molar-refractivity contribution is 0.414. The van der Waals surface area contributed by atoms with Crippen molar-refractivity contribution in [1.82, 2.24) is 15.1 Å². The lowest BCUT2D eigenvalue weighted by Gasteiger charge is -2.09. The van der Waals surface area contributed by atoms with Gasteiger partial charge in [-0.2, -0.15) is 5.10 Å². The second-order valence-corrected chi connectivity index (χ2v) is 5.27. The van der Waals surface area contributed by atoms with Crippen molar-refractivity contribution in [2.45, 2.75) is 20.0 Å². The van der Waals surface area contributed by atoms with Gasteiger partial charge < -0.3 is 10.1 Å². The van der Waals surface area contributed by atoms with Gasteiger partial charge >= 0.3 is 0 Å². The number of aromatic nitrogens is 2. The topological polar surface area (TPSA) is 39.1 Å². The number of benzene rings is 1. The molecule has 0 amide bonds. The molecule has 0 spiro atoms. The highest BCUT2D eigenvalue weighted by atomic mass is 79.9. The maximum Gasteiger partial charge on any atom is 0.119 e. The van der Waals surface area contributed by atoms with Crippen molar-refractivity contribution in [2.75, 3.05) is 13.7 Å². The Bertz CT molecular complexity index is 539. The minimum atomic E-state index is 0.804. The first-order valence-electron chi connectivity index (χ1n) is 6.21. The zero-order valence-corrected chi connectivity index (χ0v) is 12.8. The third kappa shape index (κ3) is 4.08. The maximum atomic E-state index is 5.23. The molecule has 5 heteroatoms. The molecule has 1 heterocycles. The molecule has 2 aromatic rings. The second-order valence-electron chi connectivity index (χ2n) is 4.41. The molecule has 0 bridgehead atoms. The summed E-state index contributed by atoms with van der Waals surface area (Å²) in [7, 11) is 1.68. The SMILES string of the molecule is COc1ccc(Br)c(CNCCn2cc(C)cn2)c1. The summed E-state index contributed by atoms with van der Waals surface area (Å²) in [6, 6.07) is 5.99. The average molecular weight is 324 g/mol. The number of aryl methyl sites for hydroxylation is 1. The van der Waals surface area contributed by atoms with Gasteiger partial charge in [-0.3, -0.25) is 4.68 Å². The van der Waals surface area contributed by atoms with E-state index in [1.54, 1.807) is 7.11 Å². The van der Waals surface area contributed by atoms with Gasteiger partial charge in [0.2, 0.25) is 0 Å². The molecular weight excluding hydrogens is 306 g/mol. The summed E-state index contributed by atoms with van der Waals surface area (Å²) in [6.45, 7) is 4.60. The molecule has 0 unspecified atom stereocenters. The van der Waals surface area contributed by atoms with Crippen LogP contribution < -0.4 is 10.1 Å². The maximum absolute atomic E-state index is 5.23. The van der Waals surface area contributed by atoms with E-state index in [-0.39, 0.29) is 0 Å². The van der Waals surface area contributed by atoms with Crippen LogP contribution in [0.25, 0.3) is 0 Å². The predicted octanol–water partition coefficient (Wildman–Crippen LogP) is 2.75. The summed E-state index contributed by atoms with van der Waals surface area (Å²) in [5, 5.41) is 7.66. The van der Waals surface area contributed by atoms with Crippen LogP contribution in [-0.2, 0) is 13.1 Å². The Morgan fingerprint density at radius 1 is 1.42 bits per heavy atom. The van der Waals surface area contributed by atoms with Gasteiger partial charge in [-0.1, -0.05) is 15.9 Å². The summed E-state index contributed by atoms with van der Waals surface area (Å²) in [6.07, 6.45) is 3.92. The summed E-state index contributed by atoms with van der Waals surface area (Å²) in [4.78, 5) is 0. The van der Waals surface area contributed by atoms with Gasteiger partial charge in [0.05, 0.1) is 19.9 Å². The fourth-order valence-corrected chi connectivity index (χ4v) is 2.21. The van der Waals surface area contributed by atoms with E-state index in [1.807, 2.05) is 42.2 Å². The number of rotatable bonds is 6. The highest BCUT2D eigenvalue weighted by molar-refractivity contribution is 9.10. The molecule has 0 aliphatic rings. The monoisotopic (exact) mass is 323 g/mol. The number of nitrogens with zero attached hydrogens (tertiary/aromatic N) is 2. The van der Waals surface area contributed by atoms with E-state index < -0.39 is 0 Å². The van der Waals surface area contributed by atoms with Gasteiger partial charge in [0.1, 0.15) is 5.75 Å². The van der Waals surface area contributed by atoms with E-state index in [0.717, 1.165) is 29.9 Å². The summed E-state index contributed by atoms with van der Waals surface area (Å²) in [5.41, 5.74) is 2.38. The lowest BCUT2D eigenvalue weighted by Crippen LogP contribution is -2.20. The second kappa shape index (κ2) is 6.73. The van der Waals surface area contributed by atoms with Gasteiger partial charge in [-0.25, -0.2) is 0 Å². The van der Waals surface area contributed by atoms with Gasteiger partial charge in [-0.05, 0) is 36.2 Å². The minimum absolute atomic E-state index is 0.804. The highest BCUT2D eigenvalue weighted by Crippen LogP contribution is 2.22. The molecule has 19 heavy (non-hydrogen) atoms. The van der Waals surface area contributed by atoms with Crippen LogP contribution in [0.2, 0.25) is 0 Å². The van der Waals surface area contributed by atoms with Crippen molar-refractivity contribution in [2.24, 2.45) is 0 Å². The van der Waals surface area contributed by atoms with E-state index in [1.165, 1.54) is 11.1 Å². The van der Waals surface area contributed by atoms with E-state index in [4.69, 9.17) is 4.74 Å². The number of hydrogen-bond donors (Lipinski definition) is 1. The normalized spacial score (nSPS) is 10.7. The molecule has 1 aromatic heterocycles. The molecule has 0 aliphatic heterocycles. The minimum Gasteiger partial charge on any atom is -0.497 e. The smallest absolute Gasteiger partial charge is 0.119 e. The number of hydrogen-bond acceptors (Lipinski definition) is 3. The Labute approximate surface area is 121 Å². The largest absolute Gasteiger partial charge is 0.497 e. The van der Waals surface area contributed by atoms with Gasteiger partial charge in [0.25, 0.3) is 0 Å². The highest BCUT2D eigenvalue weighted by Gasteiger charge is 2.02. The van der Waals surface area contributed by atoms with Crippen molar-refractivity contribution >= 4 is 15.9 Å². The Morgan fingerprint density at radius 3 is 2.95 bits per heavy atom. The fraction of sp³-hybridized carbons (Fsp3) is 0.357. The molecule has 0 fully saturated rings. The Morgan fingerprint density at radius 2 is 2.26 bits per heavy atom. The summed E-state index contributed by atoms with van der Waals surface area (Å²) in [5.74, 6) is 0.878. The van der Waals surface area contributed by atoms with E-state index >= 15 is 0 Å². The molecular formula is C14H18BrN3O. The molecule has 2 rings (SSSR count). The zero-order chi connectivity index (χ0) is 13.7. The third-order valence-electron chi connectivity index (χ3n) is 2.85. The quantitative estimate of drug-likeness (QED) is 0.831. The van der Waals surface area contributed by atoms with Crippen LogP contribution in [0, 0.1) is 6.92 Å². The molecule has 0 radical (unpaired) electrons. The molecule has 0 aliphatic carbocycles. The molecule has 1 aromatic carbocycles. The van der Waals surface area contributed by atoms with Crippen LogP contribution in [0.5, 0.6) is 5.75 Å².